The molecule has 0 saturated carbocycles. The molecule has 0 amide bonds. The molecule has 0 aliphatic carbocycles. The number of carbonyl (C=O) groups excluding carboxylic acids is 2. The molecule has 0 unspecified atom stereocenters. The molecule has 0 saturated heterocycles. The first-order chi connectivity index (χ1) is 8.34. The molecule has 0 fully saturated rings. The summed E-state index contributed by atoms with van der Waals surface area (Å²) >= 11 is 0. The molecule has 98 valence electrons. The maximum Gasteiger partial charge on any atom is 0.338 e. The number of esters is 2. The summed E-state index contributed by atoms with van der Waals surface area (Å²) < 4.78 is 10.1. The van der Waals surface area contributed by atoms with E-state index in [0.717, 1.165) is 0 Å². The maximum atomic E-state index is 11.7. The number of rotatable bonds is 3. The second-order valence-corrected chi connectivity index (χ2v) is 4.89. The molecule has 0 aromatic heterocycles. The van der Waals surface area contributed by atoms with Crippen LogP contribution in [0.3, 0.4) is 0 Å². The zero-order valence-electron chi connectivity index (χ0n) is 11.1. The molecular weight excluding hydrogens is 232 g/mol. The molecule has 1 rings (SSSR count). The van der Waals surface area contributed by atoms with E-state index in [1.165, 1.54) is 6.07 Å². The Hall–Kier alpha value is -1.84. The minimum absolute atomic E-state index is 0.310. The van der Waals surface area contributed by atoms with Gasteiger partial charge in [0.15, 0.2) is 0 Å². The molecule has 0 aliphatic rings. The van der Waals surface area contributed by atoms with Gasteiger partial charge in [-0.3, -0.25) is 4.79 Å². The maximum absolute atomic E-state index is 11.7. The van der Waals surface area contributed by atoms with Crippen LogP contribution in [0.2, 0.25) is 0 Å². The van der Waals surface area contributed by atoms with E-state index in [0.29, 0.717) is 17.9 Å². The van der Waals surface area contributed by atoms with E-state index in [4.69, 9.17) is 9.47 Å². The molecule has 0 spiro atoms. The Morgan fingerprint density at radius 2 is 1.89 bits per heavy atom. The van der Waals surface area contributed by atoms with Crippen molar-refractivity contribution in [1.82, 2.24) is 0 Å². The van der Waals surface area contributed by atoms with E-state index in [1.807, 2.05) is 0 Å². The van der Waals surface area contributed by atoms with Crippen molar-refractivity contribution in [1.29, 1.82) is 0 Å². The lowest BCUT2D eigenvalue weighted by Crippen LogP contribution is -2.25. The highest BCUT2D eigenvalue weighted by Gasteiger charge is 2.23. The summed E-state index contributed by atoms with van der Waals surface area (Å²) in [6.07, 6.45) is 0. The van der Waals surface area contributed by atoms with Gasteiger partial charge in [-0.25, -0.2) is 4.79 Å². The molecule has 0 N–H and O–H groups in total. The first kappa shape index (κ1) is 14.2. The van der Waals surface area contributed by atoms with E-state index >= 15 is 0 Å². The Kier molecular flexibility index (Phi) is 4.48. The fraction of sp³-hybridized carbons (Fsp3) is 0.429. The second kappa shape index (κ2) is 5.67. The second-order valence-electron chi connectivity index (χ2n) is 4.89. The summed E-state index contributed by atoms with van der Waals surface area (Å²) in [5.41, 5.74) is -0.212. The first-order valence-electron chi connectivity index (χ1n) is 5.84. The van der Waals surface area contributed by atoms with Crippen molar-refractivity contribution in [3.63, 3.8) is 0 Å². The minimum Gasteiger partial charge on any atom is -0.462 e. The van der Waals surface area contributed by atoms with Crippen molar-refractivity contribution in [3.05, 3.63) is 29.8 Å². The molecule has 0 heterocycles. The summed E-state index contributed by atoms with van der Waals surface area (Å²) in [6.45, 7) is 7.35. The topological polar surface area (TPSA) is 52.6 Å². The zero-order chi connectivity index (χ0) is 13.8. The summed E-state index contributed by atoms with van der Waals surface area (Å²) in [7, 11) is 0. The average molecular weight is 250 g/mol. The van der Waals surface area contributed by atoms with Crippen LogP contribution >= 0.6 is 0 Å². The third-order valence-corrected chi connectivity index (χ3v) is 2.17. The molecule has 4 nitrogen and oxygen atoms in total. The molecule has 0 radical (unpaired) electrons. The van der Waals surface area contributed by atoms with Gasteiger partial charge in [-0.05, 0) is 45.9 Å². The summed E-state index contributed by atoms with van der Waals surface area (Å²) in [6, 6.07) is 6.40. The molecule has 4 heteroatoms. The molecule has 0 bridgehead atoms. The molecule has 1 aromatic carbocycles. The summed E-state index contributed by atoms with van der Waals surface area (Å²) in [4.78, 5) is 23.2. The highest BCUT2D eigenvalue weighted by Crippen LogP contribution is 2.20. The lowest BCUT2D eigenvalue weighted by molar-refractivity contribution is -0.143. The van der Waals surface area contributed by atoms with E-state index in [1.54, 1.807) is 45.9 Å². The van der Waals surface area contributed by atoms with Gasteiger partial charge in [0.05, 0.1) is 17.6 Å². The van der Waals surface area contributed by atoms with Crippen LogP contribution in [0.15, 0.2) is 24.3 Å². The zero-order valence-corrected chi connectivity index (χ0v) is 11.1. The van der Waals surface area contributed by atoms with Crippen LogP contribution in [-0.4, -0.2) is 18.5 Å². The summed E-state index contributed by atoms with van der Waals surface area (Å²) in [5.74, 6) is -0.421. The molecule has 18 heavy (non-hydrogen) atoms. The molecule has 0 atom stereocenters. The van der Waals surface area contributed by atoms with E-state index in [2.05, 4.69) is 0 Å². The number of carbonyl (C=O) groups is 2. The van der Waals surface area contributed by atoms with Gasteiger partial charge in [-0.15, -0.1) is 0 Å². The van der Waals surface area contributed by atoms with Gasteiger partial charge in [0, 0.05) is 0 Å². The van der Waals surface area contributed by atoms with Crippen molar-refractivity contribution in [2.24, 2.45) is 5.41 Å². The largest absolute Gasteiger partial charge is 0.462 e. The van der Waals surface area contributed by atoms with Crippen molar-refractivity contribution in [3.8, 4) is 5.75 Å². The van der Waals surface area contributed by atoms with Crippen LogP contribution in [0.1, 0.15) is 38.1 Å². The van der Waals surface area contributed by atoms with Crippen LogP contribution in [0.25, 0.3) is 0 Å². The Morgan fingerprint density at radius 3 is 2.44 bits per heavy atom. The third kappa shape index (κ3) is 3.87. The van der Waals surface area contributed by atoms with Crippen molar-refractivity contribution in [2.75, 3.05) is 6.61 Å². The van der Waals surface area contributed by atoms with Gasteiger partial charge in [0.2, 0.25) is 0 Å². The van der Waals surface area contributed by atoms with Crippen LogP contribution in [0, 0.1) is 5.41 Å². The van der Waals surface area contributed by atoms with Gasteiger partial charge in [-0.2, -0.15) is 0 Å². The predicted molar refractivity (Wildman–Crippen MR) is 67.5 cm³/mol. The van der Waals surface area contributed by atoms with Gasteiger partial charge in [0.1, 0.15) is 5.75 Å². The predicted octanol–water partition coefficient (Wildman–Crippen LogP) is 2.81. The van der Waals surface area contributed by atoms with Crippen molar-refractivity contribution >= 4 is 11.9 Å². The van der Waals surface area contributed by atoms with Gasteiger partial charge in [0.25, 0.3) is 0 Å². The van der Waals surface area contributed by atoms with Crippen molar-refractivity contribution in [2.45, 2.75) is 27.7 Å². The SMILES string of the molecule is CCOC(=O)c1cccc(OC(=O)C(C)(C)C)c1. The Bertz CT molecular complexity index is 443. The average Bonchev–Trinajstić information content (AvgIpc) is 2.28. The van der Waals surface area contributed by atoms with Crippen molar-refractivity contribution < 1.29 is 19.1 Å². The minimum atomic E-state index is -0.583. The highest BCUT2D eigenvalue weighted by molar-refractivity contribution is 5.90. The molecular formula is C14H18O4. The fourth-order valence-electron chi connectivity index (χ4n) is 1.16. The third-order valence-electron chi connectivity index (χ3n) is 2.17. The van der Waals surface area contributed by atoms with E-state index < -0.39 is 11.4 Å². The summed E-state index contributed by atoms with van der Waals surface area (Å²) in [5, 5.41) is 0. The fourth-order valence-corrected chi connectivity index (χ4v) is 1.16. The number of ether oxygens (including phenoxy) is 2. The monoisotopic (exact) mass is 250 g/mol. The standard InChI is InChI=1S/C14H18O4/c1-5-17-12(15)10-7-6-8-11(9-10)18-13(16)14(2,3)4/h6-9H,5H2,1-4H3. The van der Waals surface area contributed by atoms with E-state index in [-0.39, 0.29) is 5.97 Å². The van der Waals surface area contributed by atoms with Crippen LogP contribution in [0.4, 0.5) is 0 Å². The number of hydrogen-bond acceptors (Lipinski definition) is 4. The Balaban J connectivity index is 2.83. The first-order valence-corrected chi connectivity index (χ1v) is 5.84. The number of hydrogen-bond donors (Lipinski definition) is 0. The van der Waals surface area contributed by atoms with Crippen LogP contribution < -0.4 is 4.74 Å². The van der Waals surface area contributed by atoms with Gasteiger partial charge >= 0.3 is 11.9 Å². The molecule has 0 aliphatic heterocycles. The van der Waals surface area contributed by atoms with Crippen LogP contribution in [-0.2, 0) is 9.53 Å². The smallest absolute Gasteiger partial charge is 0.338 e. The Labute approximate surface area is 107 Å². The number of benzene rings is 1. The molecule has 1 aromatic rings. The quantitative estimate of drug-likeness (QED) is 0.611. The van der Waals surface area contributed by atoms with Gasteiger partial charge < -0.3 is 9.47 Å². The highest BCUT2D eigenvalue weighted by atomic mass is 16.5. The van der Waals surface area contributed by atoms with Gasteiger partial charge in [-0.1, -0.05) is 6.07 Å². The normalized spacial score (nSPS) is 10.9. The lowest BCUT2D eigenvalue weighted by atomic mass is 9.97. The lowest BCUT2D eigenvalue weighted by Gasteiger charge is -2.16. The van der Waals surface area contributed by atoms with Crippen LogP contribution in [0.5, 0.6) is 5.75 Å². The Morgan fingerprint density at radius 1 is 1.22 bits per heavy atom. The van der Waals surface area contributed by atoms with E-state index in [9.17, 15) is 9.59 Å².